The lowest BCUT2D eigenvalue weighted by molar-refractivity contribution is -0.122. The molecule has 2 atom stereocenters. The van der Waals surface area contributed by atoms with Gasteiger partial charge in [0.2, 0.25) is 0 Å². The lowest BCUT2D eigenvalue weighted by atomic mass is 9.93. The van der Waals surface area contributed by atoms with Gasteiger partial charge in [0.15, 0.2) is 5.82 Å². The molecular weight excluding hydrogens is 701 g/mol. The molecule has 2 amide bonds. The summed E-state index contributed by atoms with van der Waals surface area (Å²) < 4.78 is 62.4. The highest BCUT2D eigenvalue weighted by atomic mass is 19.1. The fourth-order valence-corrected chi connectivity index (χ4v) is 8.07. The maximum atomic E-state index is 17.7. The summed E-state index contributed by atoms with van der Waals surface area (Å²) in [5.74, 6) is -3.95. The molecule has 0 bridgehead atoms. The number of rotatable bonds is 5. The molecule has 4 aromatic rings. The summed E-state index contributed by atoms with van der Waals surface area (Å²) >= 11 is 0. The molecule has 2 aromatic carbocycles. The highest BCUT2D eigenvalue weighted by Gasteiger charge is 2.51. The van der Waals surface area contributed by atoms with Crippen molar-refractivity contribution in [1.29, 1.82) is 0 Å². The van der Waals surface area contributed by atoms with E-state index in [9.17, 15) is 9.59 Å². The minimum atomic E-state index is -1.19. The van der Waals surface area contributed by atoms with Crippen LogP contribution in [0.3, 0.4) is 0 Å². The molecule has 3 aliphatic heterocycles. The number of ether oxygens (including phenoxy) is 2. The number of halogens is 3. The molecule has 0 radical (unpaired) electrons. The number of fused-ring (bicyclic) bond motifs is 5. The third-order valence-electron chi connectivity index (χ3n) is 10.5. The van der Waals surface area contributed by atoms with Gasteiger partial charge in [0.25, 0.3) is 11.5 Å². The number of piperazine rings is 1. The van der Waals surface area contributed by atoms with Crippen LogP contribution in [0.4, 0.5) is 29.3 Å². The first kappa shape index (κ1) is 37.2. The molecule has 0 spiro atoms. The predicted octanol–water partition coefficient (Wildman–Crippen LogP) is 6.39. The molecule has 54 heavy (non-hydrogen) atoms. The molecular formula is C40H45F3N6O5. The van der Waals surface area contributed by atoms with Crippen molar-refractivity contribution in [3.8, 4) is 22.6 Å². The summed E-state index contributed by atoms with van der Waals surface area (Å²) in [6.07, 6.45) is 0.999. The van der Waals surface area contributed by atoms with Gasteiger partial charge < -0.3 is 24.2 Å². The molecule has 5 heterocycles. The molecule has 7 rings (SSSR count). The molecule has 2 saturated heterocycles. The van der Waals surface area contributed by atoms with Crippen molar-refractivity contribution < 1.29 is 32.2 Å². The van der Waals surface area contributed by atoms with Crippen molar-refractivity contribution in [2.75, 3.05) is 50.1 Å². The number of hydrogen-bond donors (Lipinski definition) is 0. The number of carbonyl (C=O) groups excluding carboxylic acids is 2. The number of benzene rings is 2. The van der Waals surface area contributed by atoms with Crippen molar-refractivity contribution in [3.63, 3.8) is 0 Å². The zero-order valence-electron chi connectivity index (χ0n) is 32.0. The van der Waals surface area contributed by atoms with Gasteiger partial charge in [0.1, 0.15) is 34.7 Å². The zero-order chi connectivity index (χ0) is 39.1. The van der Waals surface area contributed by atoms with E-state index in [2.05, 4.69) is 4.98 Å². The third-order valence-corrected chi connectivity index (χ3v) is 10.5. The molecule has 286 valence electrons. The number of aryl methyl sites for hydroxylation is 1. The SMILES string of the molecule is COc1cccc(F)c1-c1c(F)cc2c3c(c(=O)n(-c4c(C)ccnc4C(C)C)c2c1F)N(C1CN(C)C1)C(=O)[C@H]1CN(C(=O)OC(C)(C)C)[C@H](C)CN31. The van der Waals surface area contributed by atoms with Crippen LogP contribution in [0.2, 0.25) is 0 Å². The number of aromatic nitrogens is 2. The van der Waals surface area contributed by atoms with Crippen molar-refractivity contribution >= 4 is 34.3 Å². The van der Waals surface area contributed by atoms with E-state index in [-0.39, 0.29) is 52.7 Å². The van der Waals surface area contributed by atoms with Crippen LogP contribution in [0.1, 0.15) is 58.7 Å². The van der Waals surface area contributed by atoms with Crippen molar-refractivity contribution in [2.45, 2.75) is 78.1 Å². The normalized spacial score (nSPS) is 19.3. The number of nitrogens with zero attached hydrogens (tertiary/aromatic N) is 6. The second-order valence-electron chi connectivity index (χ2n) is 15.8. The topological polar surface area (TPSA) is 100 Å². The summed E-state index contributed by atoms with van der Waals surface area (Å²) in [5, 5.41) is 0.00436. The van der Waals surface area contributed by atoms with E-state index in [1.807, 2.05) is 25.8 Å². The monoisotopic (exact) mass is 746 g/mol. The number of anilines is 2. The summed E-state index contributed by atoms with van der Waals surface area (Å²) in [7, 11) is 3.16. The number of pyridine rings is 2. The minimum Gasteiger partial charge on any atom is -0.496 e. The molecule has 0 aliphatic carbocycles. The van der Waals surface area contributed by atoms with Crippen LogP contribution in [-0.4, -0.2) is 95.4 Å². The maximum absolute atomic E-state index is 17.7. The zero-order valence-corrected chi connectivity index (χ0v) is 32.0. The lowest BCUT2D eigenvalue weighted by Gasteiger charge is -2.53. The average molecular weight is 747 g/mol. The van der Waals surface area contributed by atoms with E-state index in [4.69, 9.17) is 9.47 Å². The molecule has 0 unspecified atom stereocenters. The first-order chi connectivity index (χ1) is 25.4. The largest absolute Gasteiger partial charge is 0.496 e. The Hall–Kier alpha value is -5.11. The molecule has 2 fully saturated rings. The molecule has 11 nitrogen and oxygen atoms in total. The Morgan fingerprint density at radius 2 is 1.67 bits per heavy atom. The maximum Gasteiger partial charge on any atom is 0.410 e. The van der Waals surface area contributed by atoms with Crippen LogP contribution in [0, 0.1) is 24.4 Å². The fraction of sp³-hybridized carbons (Fsp3) is 0.450. The number of methoxy groups -OCH3 is 1. The van der Waals surface area contributed by atoms with E-state index in [0.29, 0.717) is 24.3 Å². The van der Waals surface area contributed by atoms with Crippen LogP contribution >= 0.6 is 0 Å². The Morgan fingerprint density at radius 1 is 0.963 bits per heavy atom. The summed E-state index contributed by atoms with van der Waals surface area (Å²) in [6.45, 7) is 13.4. The second-order valence-corrected chi connectivity index (χ2v) is 15.8. The Morgan fingerprint density at radius 3 is 2.30 bits per heavy atom. The van der Waals surface area contributed by atoms with Crippen LogP contribution in [-0.2, 0) is 9.53 Å². The highest BCUT2D eigenvalue weighted by molar-refractivity contribution is 6.13. The lowest BCUT2D eigenvalue weighted by Crippen LogP contribution is -2.71. The smallest absolute Gasteiger partial charge is 0.410 e. The van der Waals surface area contributed by atoms with Gasteiger partial charge in [-0.3, -0.25) is 24.0 Å². The van der Waals surface area contributed by atoms with Gasteiger partial charge >= 0.3 is 6.09 Å². The van der Waals surface area contributed by atoms with Crippen molar-refractivity contribution in [2.24, 2.45) is 0 Å². The summed E-state index contributed by atoms with van der Waals surface area (Å²) in [5.41, 5.74) is -1.47. The number of likely N-dealkylation sites (tertiary alicyclic amines) is 1. The van der Waals surface area contributed by atoms with E-state index in [1.165, 1.54) is 33.6 Å². The van der Waals surface area contributed by atoms with Gasteiger partial charge in [0.05, 0.1) is 53.4 Å². The summed E-state index contributed by atoms with van der Waals surface area (Å²) in [4.78, 5) is 54.9. The van der Waals surface area contributed by atoms with Crippen molar-refractivity contribution in [1.82, 2.24) is 19.4 Å². The highest BCUT2D eigenvalue weighted by Crippen LogP contribution is 2.47. The molecule has 3 aliphatic rings. The van der Waals surface area contributed by atoms with Crippen molar-refractivity contribution in [3.05, 3.63) is 75.6 Å². The van der Waals surface area contributed by atoms with Gasteiger partial charge in [-0.1, -0.05) is 19.9 Å². The van der Waals surface area contributed by atoms with Crippen LogP contribution in [0.15, 0.2) is 41.3 Å². The van der Waals surface area contributed by atoms with Crippen LogP contribution in [0.25, 0.3) is 27.7 Å². The van der Waals surface area contributed by atoms with E-state index < -0.39 is 69.9 Å². The molecule has 14 heteroatoms. The van der Waals surface area contributed by atoms with Crippen LogP contribution < -0.4 is 20.1 Å². The van der Waals surface area contributed by atoms with Gasteiger partial charge in [-0.2, -0.15) is 0 Å². The fourth-order valence-electron chi connectivity index (χ4n) is 8.07. The molecule has 0 saturated carbocycles. The average Bonchev–Trinajstić information content (AvgIpc) is 3.07. The van der Waals surface area contributed by atoms with E-state index >= 15 is 18.0 Å². The number of amides is 2. The number of likely N-dealkylation sites (N-methyl/N-ethyl adjacent to an activating group) is 1. The van der Waals surface area contributed by atoms with E-state index in [1.54, 1.807) is 51.8 Å². The summed E-state index contributed by atoms with van der Waals surface area (Å²) in [6, 6.07) is 4.69. The molecule has 0 N–H and O–H groups in total. The predicted molar refractivity (Wildman–Crippen MR) is 200 cm³/mol. The number of hydrogen-bond acceptors (Lipinski definition) is 8. The Bertz CT molecular complexity index is 2260. The molecule has 2 aromatic heterocycles. The first-order valence-electron chi connectivity index (χ1n) is 18.1. The Balaban J connectivity index is 1.61. The van der Waals surface area contributed by atoms with Gasteiger partial charge in [-0.05, 0) is 77.4 Å². The van der Waals surface area contributed by atoms with Crippen LogP contribution in [0.5, 0.6) is 5.75 Å². The number of carbonyl (C=O) groups is 2. The van der Waals surface area contributed by atoms with E-state index in [0.717, 1.165) is 12.1 Å². The Labute approximate surface area is 311 Å². The quantitative estimate of drug-likeness (QED) is 0.232. The third kappa shape index (κ3) is 5.85. The second kappa shape index (κ2) is 13.3. The van der Waals surface area contributed by atoms with Gasteiger partial charge in [-0.15, -0.1) is 0 Å². The standard InChI is InChI=1S/C40H45F3N6O5/c1-20(2)32-33(21(3)13-14-44-32)49-34-24(15-26(42)30(31(34)43)29-25(41)11-10-12-28(29)53-9)35-36(38(49)51)48(23-17-45(8)18-23)37(50)27-19-46(22(4)16-47(27)35)39(52)54-40(5,6)7/h10-15,20,22-23,27H,16-19H2,1-9H3/t22-,27-/m1/s1. The Kier molecular flexibility index (Phi) is 9.18. The minimum absolute atomic E-state index is 0.00436. The first-order valence-corrected chi connectivity index (χ1v) is 18.1. The van der Waals surface area contributed by atoms with Gasteiger partial charge in [0, 0.05) is 37.3 Å². The van der Waals surface area contributed by atoms with Gasteiger partial charge in [-0.25, -0.2) is 18.0 Å².